The molecular formula is C16H31N3O. The van der Waals surface area contributed by atoms with E-state index in [9.17, 15) is 10.1 Å². The van der Waals surface area contributed by atoms with E-state index in [1.165, 1.54) is 0 Å². The minimum Gasteiger partial charge on any atom is -0.330 e. The first-order valence-electron chi connectivity index (χ1n) is 7.58. The average Bonchev–Trinajstić information content (AvgIpc) is 2.42. The van der Waals surface area contributed by atoms with Crippen LogP contribution >= 0.6 is 0 Å². The molecule has 0 fully saturated rings. The normalized spacial score (nSPS) is 17.9. The average molecular weight is 281 g/mol. The number of aldehydes is 1. The summed E-state index contributed by atoms with van der Waals surface area (Å²) in [6.45, 7) is 8.63. The van der Waals surface area contributed by atoms with E-state index in [0.29, 0.717) is 13.0 Å². The Bertz CT molecular complexity index is 335. The Balaban J connectivity index is 5.05. The summed E-state index contributed by atoms with van der Waals surface area (Å²) in [5.74, 6) is -0.301. The van der Waals surface area contributed by atoms with Crippen molar-refractivity contribution in [1.82, 2.24) is 0 Å². The number of hydrogen-bond acceptors (Lipinski definition) is 4. The quantitative estimate of drug-likeness (QED) is 0.602. The van der Waals surface area contributed by atoms with Gasteiger partial charge in [0, 0.05) is 11.5 Å². The fraction of sp³-hybridized carbons (Fsp3) is 0.875. The van der Waals surface area contributed by atoms with E-state index in [-0.39, 0.29) is 17.4 Å². The molecule has 0 aliphatic rings. The van der Waals surface area contributed by atoms with Crippen molar-refractivity contribution < 1.29 is 4.79 Å². The molecular weight excluding hydrogens is 250 g/mol. The molecule has 0 aromatic carbocycles. The maximum absolute atomic E-state index is 11.1. The largest absolute Gasteiger partial charge is 0.330 e. The highest BCUT2D eigenvalue weighted by Crippen LogP contribution is 2.38. The molecule has 4 heteroatoms. The number of carbonyl (C=O) groups is 1. The molecule has 0 heterocycles. The Morgan fingerprint density at radius 3 is 2.30 bits per heavy atom. The number of hydrogen-bond donors (Lipinski definition) is 2. The molecule has 0 aromatic rings. The van der Waals surface area contributed by atoms with E-state index in [2.05, 4.69) is 19.9 Å². The van der Waals surface area contributed by atoms with Gasteiger partial charge in [0.15, 0.2) is 0 Å². The maximum atomic E-state index is 11.1. The molecule has 3 unspecified atom stereocenters. The molecule has 0 aliphatic heterocycles. The Hall–Kier alpha value is -0.920. The van der Waals surface area contributed by atoms with Gasteiger partial charge in [-0.1, -0.05) is 34.1 Å². The van der Waals surface area contributed by atoms with Gasteiger partial charge >= 0.3 is 0 Å². The van der Waals surface area contributed by atoms with Crippen LogP contribution in [-0.2, 0) is 4.79 Å². The highest BCUT2D eigenvalue weighted by Gasteiger charge is 2.38. The topological polar surface area (TPSA) is 92.9 Å². The lowest BCUT2D eigenvalue weighted by Crippen LogP contribution is -2.46. The third-order valence-corrected chi connectivity index (χ3v) is 4.24. The Labute approximate surface area is 123 Å². The van der Waals surface area contributed by atoms with Gasteiger partial charge in [-0.05, 0) is 37.6 Å². The summed E-state index contributed by atoms with van der Waals surface area (Å²) in [4.78, 5) is 11.1. The minimum atomic E-state index is -0.501. The van der Waals surface area contributed by atoms with Crippen LogP contribution in [0.2, 0.25) is 0 Å². The number of carbonyl (C=O) groups excluding carboxylic acids is 1. The van der Waals surface area contributed by atoms with Crippen molar-refractivity contribution in [2.75, 3.05) is 6.54 Å². The Morgan fingerprint density at radius 1 is 1.30 bits per heavy atom. The summed E-state index contributed by atoms with van der Waals surface area (Å²) < 4.78 is 0. The molecule has 0 aliphatic carbocycles. The zero-order valence-electron chi connectivity index (χ0n) is 13.5. The molecule has 0 radical (unpaired) electrons. The second-order valence-electron chi connectivity index (χ2n) is 6.87. The van der Waals surface area contributed by atoms with Crippen molar-refractivity contribution >= 4 is 6.29 Å². The lowest BCUT2D eigenvalue weighted by Gasteiger charge is -2.39. The van der Waals surface area contributed by atoms with Gasteiger partial charge in [-0.3, -0.25) is 0 Å². The summed E-state index contributed by atoms with van der Waals surface area (Å²) in [6, 6.07) is 2.09. The monoisotopic (exact) mass is 281 g/mol. The fourth-order valence-corrected chi connectivity index (χ4v) is 2.89. The van der Waals surface area contributed by atoms with Gasteiger partial charge in [0.1, 0.15) is 6.29 Å². The third kappa shape index (κ3) is 5.60. The van der Waals surface area contributed by atoms with Gasteiger partial charge in [0.25, 0.3) is 0 Å². The molecule has 116 valence electrons. The Morgan fingerprint density at radius 2 is 1.90 bits per heavy atom. The van der Waals surface area contributed by atoms with Crippen LogP contribution in [0.3, 0.4) is 0 Å². The highest BCUT2D eigenvalue weighted by molar-refractivity contribution is 5.57. The van der Waals surface area contributed by atoms with Crippen molar-refractivity contribution in [3.63, 3.8) is 0 Å². The third-order valence-electron chi connectivity index (χ3n) is 4.24. The smallest absolute Gasteiger partial charge is 0.125 e. The van der Waals surface area contributed by atoms with Crippen LogP contribution in [0.1, 0.15) is 59.8 Å². The second kappa shape index (κ2) is 8.39. The number of nitriles is 1. The summed E-state index contributed by atoms with van der Waals surface area (Å²) in [6.07, 6.45) is 5.28. The van der Waals surface area contributed by atoms with E-state index >= 15 is 0 Å². The molecule has 4 nitrogen and oxygen atoms in total. The summed E-state index contributed by atoms with van der Waals surface area (Å²) in [5.41, 5.74) is 11.4. The van der Waals surface area contributed by atoms with Crippen molar-refractivity contribution in [3.8, 4) is 6.07 Å². The number of rotatable bonds is 10. The van der Waals surface area contributed by atoms with Crippen LogP contribution in [0, 0.1) is 28.1 Å². The molecule has 0 rings (SSSR count). The van der Waals surface area contributed by atoms with Crippen molar-refractivity contribution in [3.05, 3.63) is 0 Å². The van der Waals surface area contributed by atoms with E-state index in [4.69, 9.17) is 11.5 Å². The number of nitrogens with two attached hydrogens (primary N) is 2. The van der Waals surface area contributed by atoms with Gasteiger partial charge in [-0.2, -0.15) is 5.26 Å². The predicted molar refractivity (Wildman–Crippen MR) is 82.8 cm³/mol. The van der Waals surface area contributed by atoms with Crippen LogP contribution in [0.4, 0.5) is 0 Å². The fourth-order valence-electron chi connectivity index (χ4n) is 2.89. The molecule has 4 N–H and O–H groups in total. The molecule has 0 saturated carbocycles. The zero-order valence-corrected chi connectivity index (χ0v) is 13.5. The molecule has 3 atom stereocenters. The van der Waals surface area contributed by atoms with Gasteiger partial charge in [-0.25, -0.2) is 0 Å². The summed E-state index contributed by atoms with van der Waals surface area (Å²) in [7, 11) is 0. The van der Waals surface area contributed by atoms with E-state index in [1.54, 1.807) is 0 Å². The molecule has 0 aromatic heterocycles. The van der Waals surface area contributed by atoms with Crippen LogP contribution < -0.4 is 11.5 Å². The van der Waals surface area contributed by atoms with Crippen LogP contribution in [-0.4, -0.2) is 18.9 Å². The van der Waals surface area contributed by atoms with Gasteiger partial charge in [0.2, 0.25) is 0 Å². The maximum Gasteiger partial charge on any atom is 0.125 e. The predicted octanol–water partition coefficient (Wildman–Crippen LogP) is 2.61. The van der Waals surface area contributed by atoms with Crippen LogP contribution in [0.25, 0.3) is 0 Å². The van der Waals surface area contributed by atoms with Crippen molar-refractivity contribution in [2.24, 2.45) is 28.2 Å². The summed E-state index contributed by atoms with van der Waals surface area (Å²) in [5, 5.41) is 9.44. The number of nitrogens with zero attached hydrogens (tertiary/aromatic N) is 1. The lowest BCUT2D eigenvalue weighted by molar-refractivity contribution is -0.115. The van der Waals surface area contributed by atoms with Crippen molar-refractivity contribution in [1.29, 1.82) is 5.26 Å². The zero-order chi connectivity index (χ0) is 15.8. The molecule has 0 saturated heterocycles. The van der Waals surface area contributed by atoms with E-state index in [0.717, 1.165) is 32.0 Å². The first-order chi connectivity index (χ1) is 9.26. The standard InChI is InChI=1S/C16H31N3O/c1-5-7-16(4,8-6-9-17)14(19)13(11-18)10-15(2,3)12-20/h12-14H,5-10,17,19H2,1-4H3. The first-order valence-corrected chi connectivity index (χ1v) is 7.58. The van der Waals surface area contributed by atoms with Gasteiger partial charge in [0.05, 0.1) is 12.0 Å². The second-order valence-corrected chi connectivity index (χ2v) is 6.87. The van der Waals surface area contributed by atoms with Gasteiger partial charge < -0.3 is 16.3 Å². The Kier molecular flexibility index (Phi) is 8.00. The van der Waals surface area contributed by atoms with E-state index in [1.807, 2.05) is 13.8 Å². The van der Waals surface area contributed by atoms with Gasteiger partial charge in [-0.15, -0.1) is 0 Å². The van der Waals surface area contributed by atoms with Crippen LogP contribution in [0.15, 0.2) is 0 Å². The molecule has 20 heavy (non-hydrogen) atoms. The highest BCUT2D eigenvalue weighted by atomic mass is 16.1. The lowest BCUT2D eigenvalue weighted by atomic mass is 9.68. The SMILES string of the molecule is CCCC(C)(CCCN)C(N)C(C#N)CC(C)(C)C=O. The van der Waals surface area contributed by atoms with Crippen molar-refractivity contribution in [2.45, 2.75) is 65.8 Å². The van der Waals surface area contributed by atoms with Crippen LogP contribution in [0.5, 0.6) is 0 Å². The molecule has 0 amide bonds. The molecule has 0 spiro atoms. The summed E-state index contributed by atoms with van der Waals surface area (Å²) >= 11 is 0. The minimum absolute atomic E-state index is 0.0898. The molecule has 0 bridgehead atoms. The van der Waals surface area contributed by atoms with E-state index < -0.39 is 5.41 Å². The first kappa shape index (κ1) is 19.1.